The van der Waals surface area contributed by atoms with Gasteiger partial charge in [0.1, 0.15) is 0 Å². The summed E-state index contributed by atoms with van der Waals surface area (Å²) in [6.45, 7) is 7.29. The summed E-state index contributed by atoms with van der Waals surface area (Å²) in [4.78, 5) is 9.05. The van der Waals surface area contributed by atoms with E-state index in [-0.39, 0.29) is 6.04 Å². The number of likely N-dealkylation sites (N-methyl/N-ethyl adjacent to an activating group) is 1. The van der Waals surface area contributed by atoms with Crippen LogP contribution in [0.3, 0.4) is 0 Å². The van der Waals surface area contributed by atoms with Gasteiger partial charge in [0.2, 0.25) is 0 Å². The van der Waals surface area contributed by atoms with Gasteiger partial charge in [0.15, 0.2) is 0 Å². The van der Waals surface area contributed by atoms with Crippen LogP contribution in [0.25, 0.3) is 0 Å². The average Bonchev–Trinajstić information content (AvgIpc) is 2.82. The van der Waals surface area contributed by atoms with Crippen molar-refractivity contribution < 1.29 is 0 Å². The molecule has 0 radical (unpaired) electrons. The number of nitrogens with one attached hydrogen (secondary N) is 1. The highest BCUT2D eigenvalue weighted by Crippen LogP contribution is 2.29. The molecule has 0 aliphatic rings. The summed E-state index contributed by atoms with van der Waals surface area (Å²) >= 11 is 1.70. The molecule has 0 spiro atoms. The van der Waals surface area contributed by atoms with E-state index in [1.54, 1.807) is 11.3 Å². The maximum absolute atomic E-state index is 4.60. The SMILES string of the molecule is CCNC(c1csc(C)n1)C(C)c1ccccn1. The molecule has 2 aromatic heterocycles. The molecule has 2 rings (SSSR count). The number of pyridine rings is 1. The van der Waals surface area contributed by atoms with Crippen molar-refractivity contribution in [1.29, 1.82) is 0 Å². The minimum absolute atomic E-state index is 0.231. The van der Waals surface area contributed by atoms with E-state index in [0.29, 0.717) is 5.92 Å². The first-order valence-corrected chi connectivity index (χ1v) is 7.16. The van der Waals surface area contributed by atoms with E-state index in [0.717, 1.165) is 22.9 Å². The third-order valence-corrected chi connectivity index (χ3v) is 3.83. The Morgan fingerprint density at radius 3 is 2.72 bits per heavy atom. The Kier molecular flexibility index (Phi) is 4.44. The Balaban J connectivity index is 2.25. The lowest BCUT2D eigenvalue weighted by Crippen LogP contribution is -2.26. The fraction of sp³-hybridized carbons (Fsp3) is 0.429. The van der Waals surface area contributed by atoms with Gasteiger partial charge in [-0.3, -0.25) is 4.98 Å². The highest BCUT2D eigenvalue weighted by molar-refractivity contribution is 7.09. The summed E-state index contributed by atoms with van der Waals surface area (Å²) in [7, 11) is 0. The lowest BCUT2D eigenvalue weighted by Gasteiger charge is -2.22. The van der Waals surface area contributed by atoms with Crippen molar-refractivity contribution in [3.8, 4) is 0 Å². The van der Waals surface area contributed by atoms with Crippen molar-refractivity contribution in [3.63, 3.8) is 0 Å². The van der Waals surface area contributed by atoms with Gasteiger partial charge >= 0.3 is 0 Å². The quantitative estimate of drug-likeness (QED) is 0.897. The molecule has 2 heterocycles. The lowest BCUT2D eigenvalue weighted by atomic mass is 9.95. The summed E-state index contributed by atoms with van der Waals surface area (Å²) in [6.07, 6.45) is 1.85. The van der Waals surface area contributed by atoms with E-state index in [1.807, 2.05) is 25.3 Å². The molecule has 0 saturated carbocycles. The van der Waals surface area contributed by atoms with E-state index in [1.165, 1.54) is 0 Å². The fourth-order valence-corrected chi connectivity index (χ4v) is 2.75. The van der Waals surface area contributed by atoms with Crippen molar-refractivity contribution in [1.82, 2.24) is 15.3 Å². The molecule has 1 N–H and O–H groups in total. The number of hydrogen-bond donors (Lipinski definition) is 1. The van der Waals surface area contributed by atoms with Gasteiger partial charge in [-0.2, -0.15) is 0 Å². The zero-order valence-electron chi connectivity index (χ0n) is 11.1. The van der Waals surface area contributed by atoms with Crippen LogP contribution in [0.2, 0.25) is 0 Å². The van der Waals surface area contributed by atoms with Crippen molar-refractivity contribution in [2.24, 2.45) is 0 Å². The standard InChI is InChI=1S/C14H19N3S/c1-4-15-14(13-9-18-11(3)17-13)10(2)12-7-5-6-8-16-12/h5-10,14-15H,4H2,1-3H3. The van der Waals surface area contributed by atoms with E-state index < -0.39 is 0 Å². The van der Waals surface area contributed by atoms with Crippen LogP contribution in [0.4, 0.5) is 0 Å². The van der Waals surface area contributed by atoms with Gasteiger partial charge in [-0.1, -0.05) is 19.9 Å². The second-order valence-corrected chi connectivity index (χ2v) is 5.43. The summed E-state index contributed by atoms with van der Waals surface area (Å²) in [6, 6.07) is 6.29. The number of aryl methyl sites for hydroxylation is 1. The molecular weight excluding hydrogens is 242 g/mol. The smallest absolute Gasteiger partial charge is 0.0898 e. The van der Waals surface area contributed by atoms with Crippen LogP contribution in [0.5, 0.6) is 0 Å². The maximum Gasteiger partial charge on any atom is 0.0898 e. The van der Waals surface area contributed by atoms with Crippen LogP contribution < -0.4 is 5.32 Å². The molecule has 4 heteroatoms. The third-order valence-electron chi connectivity index (χ3n) is 3.03. The Hall–Kier alpha value is -1.26. The predicted molar refractivity (Wildman–Crippen MR) is 75.9 cm³/mol. The molecule has 0 aliphatic heterocycles. The number of aromatic nitrogens is 2. The fourth-order valence-electron chi connectivity index (χ4n) is 2.10. The van der Waals surface area contributed by atoms with E-state index >= 15 is 0 Å². The largest absolute Gasteiger partial charge is 0.308 e. The molecule has 2 unspecified atom stereocenters. The van der Waals surface area contributed by atoms with Crippen molar-refractivity contribution >= 4 is 11.3 Å². The zero-order chi connectivity index (χ0) is 13.0. The zero-order valence-corrected chi connectivity index (χ0v) is 11.9. The number of nitrogens with zero attached hydrogens (tertiary/aromatic N) is 2. The first-order valence-electron chi connectivity index (χ1n) is 6.28. The molecule has 0 bridgehead atoms. The molecule has 2 atom stereocenters. The van der Waals surface area contributed by atoms with Crippen LogP contribution in [-0.4, -0.2) is 16.5 Å². The summed E-state index contributed by atoms with van der Waals surface area (Å²) < 4.78 is 0. The third kappa shape index (κ3) is 2.94. The molecule has 3 nitrogen and oxygen atoms in total. The maximum atomic E-state index is 4.60. The highest BCUT2D eigenvalue weighted by Gasteiger charge is 2.22. The Morgan fingerprint density at radius 2 is 2.17 bits per heavy atom. The molecule has 0 saturated heterocycles. The van der Waals surface area contributed by atoms with E-state index in [4.69, 9.17) is 0 Å². The summed E-state index contributed by atoms with van der Waals surface area (Å²) in [5, 5.41) is 6.77. The number of thiazole rings is 1. The summed E-state index contributed by atoms with van der Waals surface area (Å²) in [5.41, 5.74) is 2.23. The van der Waals surface area contributed by atoms with Crippen LogP contribution in [-0.2, 0) is 0 Å². The van der Waals surface area contributed by atoms with Gasteiger partial charge in [0.25, 0.3) is 0 Å². The molecule has 2 aromatic rings. The van der Waals surface area contributed by atoms with E-state index in [9.17, 15) is 0 Å². The molecule has 0 amide bonds. The van der Waals surface area contributed by atoms with Gasteiger partial charge in [-0.25, -0.2) is 4.98 Å². The second-order valence-electron chi connectivity index (χ2n) is 4.37. The second kappa shape index (κ2) is 6.07. The first kappa shape index (κ1) is 13.2. The first-order chi connectivity index (χ1) is 8.72. The van der Waals surface area contributed by atoms with Gasteiger partial charge < -0.3 is 5.32 Å². The minimum atomic E-state index is 0.231. The Morgan fingerprint density at radius 1 is 1.33 bits per heavy atom. The summed E-state index contributed by atoms with van der Waals surface area (Å²) in [5.74, 6) is 0.313. The van der Waals surface area contributed by atoms with Crippen LogP contribution in [0.1, 0.15) is 42.2 Å². The normalized spacial score (nSPS) is 14.4. The lowest BCUT2D eigenvalue weighted by molar-refractivity contribution is 0.463. The number of rotatable bonds is 5. The average molecular weight is 261 g/mol. The minimum Gasteiger partial charge on any atom is -0.308 e. The van der Waals surface area contributed by atoms with Crippen LogP contribution in [0.15, 0.2) is 29.8 Å². The van der Waals surface area contributed by atoms with Gasteiger partial charge in [-0.15, -0.1) is 11.3 Å². The van der Waals surface area contributed by atoms with Gasteiger partial charge in [-0.05, 0) is 25.6 Å². The van der Waals surface area contributed by atoms with E-state index in [2.05, 4.69) is 40.6 Å². The molecule has 0 fully saturated rings. The van der Waals surface area contributed by atoms with Crippen LogP contribution in [0, 0.1) is 6.92 Å². The Bertz CT molecular complexity index is 481. The van der Waals surface area contributed by atoms with Crippen LogP contribution >= 0.6 is 11.3 Å². The number of hydrogen-bond acceptors (Lipinski definition) is 4. The van der Waals surface area contributed by atoms with Crippen molar-refractivity contribution in [3.05, 3.63) is 46.2 Å². The van der Waals surface area contributed by atoms with Gasteiger partial charge in [0, 0.05) is 23.2 Å². The molecule has 0 aliphatic carbocycles. The molecular formula is C14H19N3S. The highest BCUT2D eigenvalue weighted by atomic mass is 32.1. The molecule has 0 aromatic carbocycles. The van der Waals surface area contributed by atoms with Crippen molar-refractivity contribution in [2.45, 2.75) is 32.7 Å². The predicted octanol–water partition coefficient (Wildman–Crippen LogP) is 3.30. The topological polar surface area (TPSA) is 37.8 Å². The monoisotopic (exact) mass is 261 g/mol. The van der Waals surface area contributed by atoms with Crippen molar-refractivity contribution in [2.75, 3.05) is 6.54 Å². The molecule has 96 valence electrons. The molecule has 18 heavy (non-hydrogen) atoms. The Labute approximate surface area is 112 Å². The van der Waals surface area contributed by atoms with Gasteiger partial charge in [0.05, 0.1) is 16.7 Å².